The number of nitrogens with one attached hydrogen (secondary N) is 1. The highest BCUT2D eigenvalue weighted by Gasteiger charge is 2.30. The van der Waals surface area contributed by atoms with Gasteiger partial charge in [0.05, 0.1) is 10.6 Å². The minimum Gasteiger partial charge on any atom is -0.326 e. The second-order valence-corrected chi connectivity index (χ2v) is 10.3. The van der Waals surface area contributed by atoms with Gasteiger partial charge in [-0.25, -0.2) is 8.42 Å². The summed E-state index contributed by atoms with van der Waals surface area (Å²) in [6.07, 6.45) is 0.479. The van der Waals surface area contributed by atoms with Crippen LogP contribution in [0.2, 0.25) is 0 Å². The summed E-state index contributed by atoms with van der Waals surface area (Å²) >= 11 is 3.37. The van der Waals surface area contributed by atoms with Crippen molar-refractivity contribution < 1.29 is 18.0 Å². The van der Waals surface area contributed by atoms with Crippen molar-refractivity contribution in [2.24, 2.45) is 0 Å². The number of aryl methyl sites for hydroxylation is 1. The van der Waals surface area contributed by atoms with Crippen LogP contribution in [0.4, 0.5) is 11.4 Å². The zero-order chi connectivity index (χ0) is 21.3. The standard InChI is InChI=1S/C21H23BrN2O4S/c1-13-10-17(22)4-6-19(13)23-21(26)8-9-29(27,28)18-5-7-20-16(12-18)11-14(2)24(20)15(3)25/h4-7,10,12,14H,8-9,11H2,1-3H3,(H,23,26)/t14-/m0/s1. The Balaban J connectivity index is 1.69. The number of amides is 2. The minimum atomic E-state index is -3.61. The molecule has 8 heteroatoms. The second kappa shape index (κ2) is 8.28. The third-order valence-electron chi connectivity index (χ3n) is 5.03. The number of carbonyl (C=O) groups excluding carboxylic acids is 2. The quantitative estimate of drug-likeness (QED) is 0.706. The van der Waals surface area contributed by atoms with E-state index >= 15 is 0 Å². The maximum atomic E-state index is 12.7. The maximum Gasteiger partial charge on any atom is 0.225 e. The molecule has 1 N–H and O–H groups in total. The van der Waals surface area contributed by atoms with Gasteiger partial charge in [-0.2, -0.15) is 0 Å². The molecule has 0 fully saturated rings. The highest BCUT2D eigenvalue weighted by molar-refractivity contribution is 9.10. The van der Waals surface area contributed by atoms with Gasteiger partial charge in [-0.1, -0.05) is 15.9 Å². The van der Waals surface area contributed by atoms with Crippen LogP contribution in [-0.4, -0.2) is 32.0 Å². The average molecular weight is 479 g/mol. The molecule has 0 saturated carbocycles. The number of carbonyl (C=O) groups is 2. The Morgan fingerprint density at radius 2 is 1.93 bits per heavy atom. The molecule has 1 aliphatic heterocycles. The smallest absolute Gasteiger partial charge is 0.225 e. The summed E-state index contributed by atoms with van der Waals surface area (Å²) in [6, 6.07) is 10.3. The van der Waals surface area contributed by atoms with Gasteiger partial charge in [-0.05, 0) is 67.8 Å². The fourth-order valence-corrected chi connectivity index (χ4v) is 5.37. The molecular weight excluding hydrogens is 456 g/mol. The van der Waals surface area contributed by atoms with E-state index in [1.165, 1.54) is 13.0 Å². The van der Waals surface area contributed by atoms with Crippen LogP contribution in [0.5, 0.6) is 0 Å². The molecule has 1 atom stereocenters. The molecule has 1 aliphatic rings. The number of anilines is 2. The first-order chi connectivity index (χ1) is 13.6. The molecule has 154 valence electrons. The molecule has 1 heterocycles. The Morgan fingerprint density at radius 3 is 2.59 bits per heavy atom. The van der Waals surface area contributed by atoms with Gasteiger partial charge in [0, 0.05) is 35.2 Å². The Morgan fingerprint density at radius 1 is 1.21 bits per heavy atom. The SMILES string of the molecule is CC(=O)N1c2ccc(S(=O)(=O)CCC(=O)Nc3ccc(Br)cc3C)cc2C[C@@H]1C. The molecule has 0 saturated heterocycles. The molecule has 2 aromatic rings. The van der Waals surface area contributed by atoms with Crippen LogP contribution in [0.25, 0.3) is 0 Å². The van der Waals surface area contributed by atoms with Crippen molar-refractivity contribution in [3.05, 3.63) is 52.0 Å². The summed E-state index contributed by atoms with van der Waals surface area (Å²) in [4.78, 5) is 25.9. The lowest BCUT2D eigenvalue weighted by Gasteiger charge is -2.20. The molecular formula is C21H23BrN2O4S. The van der Waals surface area contributed by atoms with E-state index in [0.717, 1.165) is 21.3 Å². The van der Waals surface area contributed by atoms with Crippen molar-refractivity contribution in [3.63, 3.8) is 0 Å². The highest BCUT2D eigenvalue weighted by atomic mass is 79.9. The Kier molecular flexibility index (Phi) is 6.14. The third-order valence-corrected chi connectivity index (χ3v) is 7.23. The van der Waals surface area contributed by atoms with Gasteiger partial charge in [0.15, 0.2) is 9.84 Å². The fraction of sp³-hybridized carbons (Fsp3) is 0.333. The highest BCUT2D eigenvalue weighted by Crippen LogP contribution is 2.34. The molecule has 2 amide bonds. The molecule has 0 aliphatic carbocycles. The zero-order valence-electron chi connectivity index (χ0n) is 16.5. The van der Waals surface area contributed by atoms with E-state index in [4.69, 9.17) is 0 Å². The van der Waals surface area contributed by atoms with Crippen LogP contribution >= 0.6 is 15.9 Å². The first kappa shape index (κ1) is 21.5. The number of rotatable bonds is 5. The van der Waals surface area contributed by atoms with Gasteiger partial charge in [0.2, 0.25) is 11.8 Å². The second-order valence-electron chi connectivity index (χ2n) is 7.31. The van der Waals surface area contributed by atoms with Crippen molar-refractivity contribution >= 4 is 49.0 Å². The molecule has 0 aromatic heterocycles. The Labute approximate surface area is 179 Å². The van der Waals surface area contributed by atoms with E-state index in [1.54, 1.807) is 23.1 Å². The lowest BCUT2D eigenvalue weighted by molar-refractivity contribution is -0.117. The first-order valence-corrected chi connectivity index (χ1v) is 11.7. The molecule has 0 unspecified atom stereocenters. The van der Waals surface area contributed by atoms with Crippen LogP contribution < -0.4 is 10.2 Å². The number of benzene rings is 2. The summed E-state index contributed by atoms with van der Waals surface area (Å²) in [6.45, 7) is 5.30. The summed E-state index contributed by atoms with van der Waals surface area (Å²) in [5, 5.41) is 2.76. The molecule has 6 nitrogen and oxygen atoms in total. The predicted molar refractivity (Wildman–Crippen MR) is 117 cm³/mol. The van der Waals surface area contributed by atoms with Gasteiger partial charge in [0.25, 0.3) is 0 Å². The number of sulfone groups is 1. The van der Waals surface area contributed by atoms with Crippen molar-refractivity contribution in [2.45, 2.75) is 44.6 Å². The van der Waals surface area contributed by atoms with E-state index in [-0.39, 0.29) is 34.9 Å². The van der Waals surface area contributed by atoms with Crippen molar-refractivity contribution in [2.75, 3.05) is 16.0 Å². The molecule has 29 heavy (non-hydrogen) atoms. The van der Waals surface area contributed by atoms with E-state index < -0.39 is 9.84 Å². The Bertz CT molecular complexity index is 1080. The molecule has 0 spiro atoms. The van der Waals surface area contributed by atoms with Crippen LogP contribution in [0, 0.1) is 6.92 Å². The summed E-state index contributed by atoms with van der Waals surface area (Å²) in [7, 11) is -3.61. The maximum absolute atomic E-state index is 12.7. The van der Waals surface area contributed by atoms with Crippen LogP contribution in [-0.2, 0) is 25.8 Å². The van der Waals surface area contributed by atoms with Gasteiger partial charge >= 0.3 is 0 Å². The minimum absolute atomic E-state index is 0.000352. The topological polar surface area (TPSA) is 83.6 Å². The third kappa shape index (κ3) is 4.70. The van der Waals surface area contributed by atoms with Crippen molar-refractivity contribution in [1.29, 1.82) is 0 Å². The fourth-order valence-electron chi connectivity index (χ4n) is 3.61. The predicted octanol–water partition coefficient (Wildman–Crippen LogP) is 3.86. The normalized spacial score (nSPS) is 15.9. The largest absolute Gasteiger partial charge is 0.326 e. The lowest BCUT2D eigenvalue weighted by atomic mass is 10.1. The molecule has 3 rings (SSSR count). The number of hydrogen-bond donors (Lipinski definition) is 1. The van der Waals surface area contributed by atoms with Crippen molar-refractivity contribution in [1.82, 2.24) is 0 Å². The molecule has 2 aromatic carbocycles. The molecule has 0 radical (unpaired) electrons. The van der Waals surface area contributed by atoms with E-state index in [9.17, 15) is 18.0 Å². The summed E-state index contributed by atoms with van der Waals surface area (Å²) in [5.74, 6) is -0.692. The average Bonchev–Trinajstić information content (AvgIpc) is 2.97. The van der Waals surface area contributed by atoms with E-state index in [1.807, 2.05) is 26.0 Å². The Hall–Kier alpha value is -2.19. The monoisotopic (exact) mass is 478 g/mol. The van der Waals surface area contributed by atoms with Crippen LogP contribution in [0.1, 0.15) is 31.4 Å². The number of halogens is 1. The first-order valence-electron chi connectivity index (χ1n) is 9.30. The summed E-state index contributed by atoms with van der Waals surface area (Å²) in [5.41, 5.74) is 3.14. The number of nitrogens with zero attached hydrogens (tertiary/aromatic N) is 1. The van der Waals surface area contributed by atoms with Gasteiger partial charge in [-0.15, -0.1) is 0 Å². The van der Waals surface area contributed by atoms with Crippen molar-refractivity contribution in [3.8, 4) is 0 Å². The van der Waals surface area contributed by atoms with Gasteiger partial charge < -0.3 is 10.2 Å². The molecule has 0 bridgehead atoms. The van der Waals surface area contributed by atoms with Crippen LogP contribution in [0.3, 0.4) is 0 Å². The number of hydrogen-bond acceptors (Lipinski definition) is 4. The van der Waals surface area contributed by atoms with Crippen LogP contribution in [0.15, 0.2) is 45.8 Å². The van der Waals surface area contributed by atoms with Gasteiger partial charge in [0.1, 0.15) is 0 Å². The van der Waals surface area contributed by atoms with E-state index in [2.05, 4.69) is 21.2 Å². The lowest BCUT2D eigenvalue weighted by Crippen LogP contribution is -2.33. The summed E-state index contributed by atoms with van der Waals surface area (Å²) < 4.78 is 26.4. The van der Waals surface area contributed by atoms with Gasteiger partial charge in [-0.3, -0.25) is 9.59 Å². The number of fused-ring (bicyclic) bond motifs is 1. The van der Waals surface area contributed by atoms with E-state index in [0.29, 0.717) is 12.1 Å². The zero-order valence-corrected chi connectivity index (χ0v) is 18.9.